The molecule has 1 aliphatic heterocycles. The highest BCUT2D eigenvalue weighted by molar-refractivity contribution is 5.31. The van der Waals surface area contributed by atoms with Crippen LogP contribution in [-0.2, 0) is 9.47 Å². The molecule has 0 aromatic carbocycles. The third-order valence-corrected chi connectivity index (χ3v) is 5.92. The Kier molecular flexibility index (Phi) is 3.32. The van der Waals surface area contributed by atoms with E-state index in [1.165, 1.54) is 19.3 Å². The zero-order valence-corrected chi connectivity index (χ0v) is 13.2. The highest BCUT2D eigenvalue weighted by atomic mass is 16.7. The number of aliphatic hydroxyl groups is 1. The SMILES string of the molecule is C[C@H]1CCC[C@@H]2CC3(OCCO3)C(C(C)(C)O)=C[C@@]21C. The fourth-order valence-electron chi connectivity index (χ4n) is 4.50. The standard InChI is InChI=1S/C17H28O3/c1-12-6-5-7-13-10-17(19-8-9-20-17)14(15(2,3)18)11-16(12,13)4/h11-13,18H,5-10H2,1-4H3/t12-,13+,16+/m0/s1. The van der Waals surface area contributed by atoms with E-state index in [1.807, 2.05) is 13.8 Å². The molecule has 2 fully saturated rings. The highest BCUT2D eigenvalue weighted by Crippen LogP contribution is 2.57. The van der Waals surface area contributed by atoms with Gasteiger partial charge in [0.1, 0.15) is 0 Å². The number of allylic oxidation sites excluding steroid dienone is 1. The van der Waals surface area contributed by atoms with Crippen molar-refractivity contribution in [3.05, 3.63) is 11.6 Å². The maximum atomic E-state index is 10.6. The van der Waals surface area contributed by atoms with E-state index in [4.69, 9.17) is 9.47 Å². The van der Waals surface area contributed by atoms with E-state index in [0.717, 1.165) is 12.0 Å². The van der Waals surface area contributed by atoms with Gasteiger partial charge in [0.25, 0.3) is 0 Å². The van der Waals surface area contributed by atoms with Crippen LogP contribution in [0.2, 0.25) is 0 Å². The number of fused-ring (bicyclic) bond motifs is 1. The second kappa shape index (κ2) is 4.56. The lowest BCUT2D eigenvalue weighted by Crippen LogP contribution is -2.52. The zero-order valence-electron chi connectivity index (χ0n) is 13.2. The minimum absolute atomic E-state index is 0.161. The number of hydrogen-bond donors (Lipinski definition) is 1. The third-order valence-electron chi connectivity index (χ3n) is 5.92. The van der Waals surface area contributed by atoms with Crippen LogP contribution in [0.4, 0.5) is 0 Å². The van der Waals surface area contributed by atoms with Crippen molar-refractivity contribution in [3.63, 3.8) is 0 Å². The van der Waals surface area contributed by atoms with Crippen molar-refractivity contribution in [3.8, 4) is 0 Å². The molecule has 3 atom stereocenters. The van der Waals surface area contributed by atoms with Crippen molar-refractivity contribution in [1.29, 1.82) is 0 Å². The molecule has 1 heterocycles. The Morgan fingerprint density at radius 3 is 2.50 bits per heavy atom. The summed E-state index contributed by atoms with van der Waals surface area (Å²) in [6, 6.07) is 0. The monoisotopic (exact) mass is 280 g/mol. The summed E-state index contributed by atoms with van der Waals surface area (Å²) in [4.78, 5) is 0. The van der Waals surface area contributed by atoms with E-state index < -0.39 is 11.4 Å². The summed E-state index contributed by atoms with van der Waals surface area (Å²) in [5.74, 6) is 0.576. The largest absolute Gasteiger partial charge is 0.386 e. The molecule has 1 N–H and O–H groups in total. The van der Waals surface area contributed by atoms with Gasteiger partial charge >= 0.3 is 0 Å². The summed E-state index contributed by atoms with van der Waals surface area (Å²) in [7, 11) is 0. The van der Waals surface area contributed by atoms with E-state index in [2.05, 4.69) is 19.9 Å². The molecular formula is C17H28O3. The molecule has 0 aromatic heterocycles. The summed E-state index contributed by atoms with van der Waals surface area (Å²) in [5.41, 5.74) is 0.207. The first-order valence-corrected chi connectivity index (χ1v) is 8.02. The fourth-order valence-corrected chi connectivity index (χ4v) is 4.50. The van der Waals surface area contributed by atoms with Gasteiger partial charge in [-0.25, -0.2) is 0 Å². The molecule has 3 heteroatoms. The first-order chi connectivity index (χ1) is 9.28. The number of ether oxygens (including phenoxy) is 2. The lowest BCUT2D eigenvalue weighted by molar-refractivity contribution is -0.176. The quantitative estimate of drug-likeness (QED) is 0.749. The van der Waals surface area contributed by atoms with Gasteiger partial charge in [0.15, 0.2) is 5.79 Å². The van der Waals surface area contributed by atoms with Crippen LogP contribution in [0.15, 0.2) is 11.6 Å². The molecule has 1 saturated carbocycles. The van der Waals surface area contributed by atoms with Gasteiger partial charge in [0.2, 0.25) is 0 Å². The predicted octanol–water partition coefficient (Wildman–Crippen LogP) is 3.27. The first kappa shape index (κ1) is 14.6. The lowest BCUT2D eigenvalue weighted by Gasteiger charge is -2.53. The molecule has 0 amide bonds. The average Bonchev–Trinajstić information content (AvgIpc) is 2.80. The average molecular weight is 280 g/mol. The van der Waals surface area contributed by atoms with Gasteiger partial charge in [-0.1, -0.05) is 26.3 Å². The van der Waals surface area contributed by atoms with Crippen LogP contribution >= 0.6 is 0 Å². The minimum Gasteiger partial charge on any atom is -0.386 e. The van der Waals surface area contributed by atoms with Crippen molar-refractivity contribution in [2.75, 3.05) is 13.2 Å². The van der Waals surface area contributed by atoms with E-state index in [0.29, 0.717) is 25.0 Å². The summed E-state index contributed by atoms with van der Waals surface area (Å²) >= 11 is 0. The van der Waals surface area contributed by atoms with Crippen LogP contribution in [0.3, 0.4) is 0 Å². The molecule has 3 nitrogen and oxygen atoms in total. The van der Waals surface area contributed by atoms with Crippen LogP contribution < -0.4 is 0 Å². The molecule has 20 heavy (non-hydrogen) atoms. The van der Waals surface area contributed by atoms with Crippen LogP contribution in [0.1, 0.15) is 53.4 Å². The Bertz CT molecular complexity index is 414. The van der Waals surface area contributed by atoms with Gasteiger partial charge in [-0.2, -0.15) is 0 Å². The molecule has 1 spiro atoms. The maximum Gasteiger partial charge on any atom is 0.193 e. The van der Waals surface area contributed by atoms with Gasteiger partial charge in [0.05, 0.1) is 18.8 Å². The van der Waals surface area contributed by atoms with Gasteiger partial charge in [-0.05, 0) is 43.9 Å². The Hall–Kier alpha value is -0.380. The molecule has 0 radical (unpaired) electrons. The zero-order chi connectivity index (χ0) is 14.6. The van der Waals surface area contributed by atoms with Crippen LogP contribution in [0.5, 0.6) is 0 Å². The Morgan fingerprint density at radius 1 is 1.25 bits per heavy atom. The Labute approximate surface area is 122 Å². The molecule has 0 unspecified atom stereocenters. The summed E-state index contributed by atoms with van der Waals surface area (Å²) in [6.45, 7) is 9.67. The summed E-state index contributed by atoms with van der Waals surface area (Å²) < 4.78 is 12.0. The maximum absolute atomic E-state index is 10.6. The van der Waals surface area contributed by atoms with Crippen molar-refractivity contribution < 1.29 is 14.6 Å². The van der Waals surface area contributed by atoms with Gasteiger partial charge < -0.3 is 14.6 Å². The van der Waals surface area contributed by atoms with Gasteiger partial charge in [-0.15, -0.1) is 0 Å². The molecule has 3 rings (SSSR count). The topological polar surface area (TPSA) is 38.7 Å². The number of rotatable bonds is 1. The Balaban J connectivity index is 2.08. The lowest BCUT2D eigenvalue weighted by atomic mass is 9.55. The molecular weight excluding hydrogens is 252 g/mol. The molecule has 114 valence electrons. The normalized spacial score (nSPS) is 40.5. The second-order valence-electron chi connectivity index (χ2n) is 7.67. The third kappa shape index (κ3) is 2.06. The van der Waals surface area contributed by atoms with E-state index >= 15 is 0 Å². The second-order valence-corrected chi connectivity index (χ2v) is 7.67. The van der Waals surface area contributed by atoms with Crippen LogP contribution in [0.25, 0.3) is 0 Å². The van der Waals surface area contributed by atoms with E-state index in [-0.39, 0.29) is 5.41 Å². The smallest absolute Gasteiger partial charge is 0.193 e. The van der Waals surface area contributed by atoms with Crippen molar-refractivity contribution >= 4 is 0 Å². The van der Waals surface area contributed by atoms with Gasteiger partial charge in [0, 0.05) is 12.0 Å². The first-order valence-electron chi connectivity index (χ1n) is 8.02. The van der Waals surface area contributed by atoms with Crippen LogP contribution in [0, 0.1) is 17.3 Å². The van der Waals surface area contributed by atoms with Crippen molar-refractivity contribution in [2.45, 2.75) is 64.8 Å². The predicted molar refractivity (Wildman–Crippen MR) is 78.2 cm³/mol. The molecule has 0 aromatic rings. The fraction of sp³-hybridized carbons (Fsp3) is 0.882. The molecule has 2 aliphatic carbocycles. The van der Waals surface area contributed by atoms with E-state index in [1.54, 1.807) is 0 Å². The summed E-state index contributed by atoms with van der Waals surface area (Å²) in [5, 5.41) is 10.6. The number of hydrogen-bond acceptors (Lipinski definition) is 3. The van der Waals surface area contributed by atoms with Crippen molar-refractivity contribution in [2.24, 2.45) is 17.3 Å². The van der Waals surface area contributed by atoms with Crippen LogP contribution in [-0.4, -0.2) is 29.7 Å². The van der Waals surface area contributed by atoms with Gasteiger partial charge in [-0.3, -0.25) is 0 Å². The Morgan fingerprint density at radius 2 is 1.90 bits per heavy atom. The minimum atomic E-state index is -0.893. The van der Waals surface area contributed by atoms with E-state index in [9.17, 15) is 5.11 Å². The van der Waals surface area contributed by atoms with Crippen molar-refractivity contribution in [1.82, 2.24) is 0 Å². The molecule has 3 aliphatic rings. The molecule has 0 bridgehead atoms. The molecule has 1 saturated heterocycles. The highest BCUT2D eigenvalue weighted by Gasteiger charge is 2.56. The summed E-state index contributed by atoms with van der Waals surface area (Å²) in [6.07, 6.45) is 7.01.